The normalized spacial score (nSPS) is 22.3. The third-order valence-electron chi connectivity index (χ3n) is 9.73. The summed E-state index contributed by atoms with van der Waals surface area (Å²) in [5.74, 6) is 0. The van der Waals surface area contributed by atoms with Crippen LogP contribution in [0.3, 0.4) is 0 Å². The van der Waals surface area contributed by atoms with Gasteiger partial charge in [0.1, 0.15) is 0 Å². The summed E-state index contributed by atoms with van der Waals surface area (Å²) in [7, 11) is -0.0122. The van der Waals surface area contributed by atoms with Crippen LogP contribution >= 0.6 is 15.8 Å². The summed E-state index contributed by atoms with van der Waals surface area (Å²) in [4.78, 5) is 0. The summed E-state index contributed by atoms with van der Waals surface area (Å²) in [5, 5.41) is 3.93. The Morgan fingerprint density at radius 3 is 1.54 bits per heavy atom. The standard InChI is InChI=1S/C21H28P.C15H20P.2ClH.Hf/c1-3-11-19(12-4-1)22(20-13-5-2-6-14-20)21-15-17-9-7-8-10-18(17)16-21;1-3-9-16(10-4-2)15-11-13-7-5-6-8-14(13)12-15;;;/h7-10,15-16,19-20H,1-6,11-14H2;5-8,11-12H,3-4,9-10H2,1-2H3;2*1H;/q;;;;+2/p-2. The van der Waals surface area contributed by atoms with Gasteiger partial charge in [-0.1, -0.05) is 0 Å². The van der Waals surface area contributed by atoms with Crippen molar-refractivity contribution in [1.29, 1.82) is 0 Å². The van der Waals surface area contributed by atoms with E-state index < -0.39 is 22.9 Å². The van der Waals surface area contributed by atoms with Crippen LogP contribution in [-0.2, 0) is 22.9 Å². The Balaban J connectivity index is 0.00000194. The molecule has 4 aliphatic carbocycles. The van der Waals surface area contributed by atoms with E-state index in [1.54, 1.807) is 22.3 Å². The van der Waals surface area contributed by atoms with Crippen LogP contribution in [0.5, 0.6) is 0 Å². The van der Waals surface area contributed by atoms with Gasteiger partial charge >= 0.3 is 254 Å². The molecule has 0 amide bonds. The summed E-state index contributed by atoms with van der Waals surface area (Å²) >= 11 is -1.14. The molecule has 0 bridgehead atoms. The van der Waals surface area contributed by atoms with E-state index in [1.165, 1.54) is 89.4 Å². The predicted octanol–water partition coefficient (Wildman–Crippen LogP) is 5.72. The van der Waals surface area contributed by atoms with Crippen LogP contribution in [0.15, 0.2) is 59.2 Å². The zero-order valence-corrected chi connectivity index (χ0v) is 32.0. The van der Waals surface area contributed by atoms with Gasteiger partial charge in [0.25, 0.3) is 0 Å². The smallest absolute Gasteiger partial charge is 1.00 e. The summed E-state index contributed by atoms with van der Waals surface area (Å²) < 4.78 is 1.62. The minimum absolute atomic E-state index is 0. The molecule has 220 valence electrons. The molecule has 0 nitrogen and oxygen atoms in total. The molecule has 2 aromatic rings. The number of rotatable bonds is 10. The minimum atomic E-state index is -1.14. The molecule has 0 saturated heterocycles. The fourth-order valence-corrected chi connectivity index (χ4v) is 25.6. The second-order valence-corrected chi connectivity index (χ2v) is 23.0. The topological polar surface area (TPSA) is 0 Å². The second-order valence-electron chi connectivity index (χ2n) is 12.4. The molecule has 0 aromatic heterocycles. The van der Waals surface area contributed by atoms with Crippen molar-refractivity contribution in [3.8, 4) is 0 Å². The van der Waals surface area contributed by atoms with Crippen LogP contribution < -0.4 is 24.8 Å². The third kappa shape index (κ3) is 7.55. The predicted molar refractivity (Wildman–Crippen MR) is 172 cm³/mol. The van der Waals surface area contributed by atoms with Gasteiger partial charge in [-0.2, -0.15) is 0 Å². The van der Waals surface area contributed by atoms with Gasteiger partial charge in [-0.25, -0.2) is 0 Å². The van der Waals surface area contributed by atoms with Crippen molar-refractivity contribution in [2.75, 3.05) is 12.3 Å². The second kappa shape index (κ2) is 16.5. The van der Waals surface area contributed by atoms with Crippen molar-refractivity contribution >= 4 is 28.0 Å². The molecule has 2 atom stereocenters. The number of allylic oxidation sites excluding steroid dienone is 2. The van der Waals surface area contributed by atoms with Crippen LogP contribution in [0.25, 0.3) is 12.2 Å². The number of hydrogen-bond donors (Lipinski definition) is 0. The summed E-state index contributed by atoms with van der Waals surface area (Å²) in [5.41, 5.74) is 8.65. The molecular formula is C36H48Cl2HfP2. The molecule has 6 rings (SSSR count). The van der Waals surface area contributed by atoms with Crippen molar-refractivity contribution in [1.82, 2.24) is 0 Å². The van der Waals surface area contributed by atoms with Gasteiger partial charge < -0.3 is 24.8 Å². The van der Waals surface area contributed by atoms with Gasteiger partial charge in [-0.15, -0.1) is 0 Å². The third-order valence-corrected chi connectivity index (χ3v) is 25.0. The number of halogens is 2. The Kier molecular flexibility index (Phi) is 13.7. The Labute approximate surface area is 277 Å². The Morgan fingerprint density at radius 1 is 0.610 bits per heavy atom. The maximum atomic E-state index is 2.80. The van der Waals surface area contributed by atoms with E-state index in [4.69, 9.17) is 0 Å². The Bertz CT molecular complexity index is 1160. The van der Waals surface area contributed by atoms with Crippen LogP contribution in [0.4, 0.5) is 0 Å². The molecule has 0 radical (unpaired) electrons. The molecule has 4 aliphatic rings. The number of fused-ring (bicyclic) bond motifs is 2. The van der Waals surface area contributed by atoms with Gasteiger partial charge in [0.2, 0.25) is 0 Å². The van der Waals surface area contributed by atoms with E-state index >= 15 is 0 Å². The molecule has 0 heterocycles. The summed E-state index contributed by atoms with van der Waals surface area (Å²) in [6.45, 7) is 4.83. The van der Waals surface area contributed by atoms with Crippen molar-refractivity contribution in [3.63, 3.8) is 0 Å². The summed E-state index contributed by atoms with van der Waals surface area (Å²) in [6.07, 6.45) is 26.1. The summed E-state index contributed by atoms with van der Waals surface area (Å²) in [6, 6.07) is 19.3. The molecule has 5 heteroatoms. The molecule has 2 aromatic carbocycles. The van der Waals surface area contributed by atoms with Gasteiger partial charge in [0, 0.05) is 0 Å². The number of hydrogen-bond acceptors (Lipinski definition) is 0. The maximum Gasteiger partial charge on any atom is -1.00 e. The first-order valence-corrected chi connectivity index (χ1v) is 23.5. The van der Waals surface area contributed by atoms with E-state index in [1.807, 2.05) is 10.6 Å². The number of benzene rings is 2. The molecule has 0 spiro atoms. The SMILES string of the molecule is CCCP(CCC)C1=Cc2ccccc2[CH]1[Hf+2][CH]1C(P(C2CCCCC2)C2CCCCC2)=Cc2ccccc21.[Cl-].[Cl-]. The van der Waals surface area contributed by atoms with Gasteiger partial charge in [-0.05, 0) is 0 Å². The molecule has 41 heavy (non-hydrogen) atoms. The zero-order valence-electron chi connectivity index (χ0n) is 25.1. The minimum Gasteiger partial charge on any atom is -1.00 e. The molecular weight excluding hydrogens is 744 g/mol. The zero-order chi connectivity index (χ0) is 26.6. The van der Waals surface area contributed by atoms with E-state index in [0.29, 0.717) is 0 Å². The van der Waals surface area contributed by atoms with Crippen molar-refractivity contribution in [2.45, 2.75) is 110 Å². The van der Waals surface area contributed by atoms with Crippen LogP contribution in [0, 0.1) is 0 Å². The first-order valence-electron chi connectivity index (χ1n) is 16.2. The Morgan fingerprint density at radius 2 is 1.05 bits per heavy atom. The average Bonchev–Trinajstić information content (AvgIpc) is 3.53. The monoisotopic (exact) mass is 792 g/mol. The van der Waals surface area contributed by atoms with Crippen molar-refractivity contribution < 1.29 is 47.7 Å². The average molecular weight is 792 g/mol. The Hall–Kier alpha value is 0.230. The maximum absolute atomic E-state index is 2.80. The van der Waals surface area contributed by atoms with Gasteiger partial charge in [-0.3, -0.25) is 0 Å². The molecule has 2 fully saturated rings. The first kappa shape index (κ1) is 34.1. The first-order chi connectivity index (χ1) is 19.3. The van der Waals surface area contributed by atoms with Crippen LogP contribution in [0.2, 0.25) is 0 Å². The quantitative estimate of drug-likeness (QED) is 0.214. The van der Waals surface area contributed by atoms with Crippen LogP contribution in [0.1, 0.15) is 121 Å². The van der Waals surface area contributed by atoms with E-state index in [2.05, 4.69) is 74.5 Å². The largest absolute Gasteiger partial charge is 1.00 e. The fourth-order valence-electron chi connectivity index (χ4n) is 7.98. The van der Waals surface area contributed by atoms with E-state index in [9.17, 15) is 0 Å². The van der Waals surface area contributed by atoms with E-state index in [-0.39, 0.29) is 40.7 Å². The fraction of sp³-hybridized carbons (Fsp3) is 0.556. The molecule has 2 saturated carbocycles. The van der Waals surface area contributed by atoms with Crippen molar-refractivity contribution in [3.05, 3.63) is 81.4 Å². The van der Waals surface area contributed by atoms with E-state index in [0.717, 1.165) is 18.7 Å². The van der Waals surface area contributed by atoms with Gasteiger partial charge in [0.05, 0.1) is 0 Å². The molecule has 2 unspecified atom stereocenters. The van der Waals surface area contributed by atoms with Crippen molar-refractivity contribution in [2.24, 2.45) is 0 Å². The van der Waals surface area contributed by atoms with Crippen LogP contribution in [-0.4, -0.2) is 23.6 Å². The molecule has 0 N–H and O–H groups in total. The van der Waals surface area contributed by atoms with Gasteiger partial charge in [0.15, 0.2) is 0 Å². The molecule has 0 aliphatic heterocycles.